The van der Waals surface area contributed by atoms with E-state index in [9.17, 15) is 0 Å². The molecular weight excluding hydrogens is 374 g/mol. The average molecular weight is 410 g/mol. The molecule has 2 aromatic rings. The number of nitrogens with zero attached hydrogens (tertiary/aromatic N) is 3. The number of hydrogen-bond donors (Lipinski definition) is 2. The van der Waals surface area contributed by atoms with Crippen LogP contribution in [-0.2, 0) is 6.54 Å². The molecule has 1 atom stereocenters. The standard InChI is InChI=1S/C24H35N5O/c1-6-25-24(27-16-22-18(3)23(30-5)17(2)15-26-22)28-19(4)20-10-9-11-21(14-20)29-12-7-8-13-29/h9-11,14-15,19H,6-8,12-13,16H2,1-5H3,(H2,25,27,28). The highest BCUT2D eigenvalue weighted by Gasteiger charge is 2.15. The number of nitrogens with one attached hydrogen (secondary N) is 2. The number of hydrogen-bond acceptors (Lipinski definition) is 4. The number of guanidine groups is 1. The van der Waals surface area contributed by atoms with Gasteiger partial charge in [0.1, 0.15) is 5.75 Å². The van der Waals surface area contributed by atoms with Crippen molar-refractivity contribution in [3.63, 3.8) is 0 Å². The number of aromatic nitrogens is 1. The minimum Gasteiger partial charge on any atom is -0.496 e. The zero-order chi connectivity index (χ0) is 21.5. The van der Waals surface area contributed by atoms with Crippen molar-refractivity contribution in [2.24, 2.45) is 4.99 Å². The summed E-state index contributed by atoms with van der Waals surface area (Å²) >= 11 is 0. The van der Waals surface area contributed by atoms with Crippen molar-refractivity contribution in [2.75, 3.05) is 31.6 Å². The van der Waals surface area contributed by atoms with E-state index in [1.54, 1.807) is 7.11 Å². The third-order valence-corrected chi connectivity index (χ3v) is 5.68. The molecule has 0 aliphatic carbocycles. The lowest BCUT2D eigenvalue weighted by molar-refractivity contribution is 0.407. The van der Waals surface area contributed by atoms with Crippen molar-refractivity contribution in [3.05, 3.63) is 52.8 Å². The smallest absolute Gasteiger partial charge is 0.192 e. The van der Waals surface area contributed by atoms with Crippen LogP contribution in [0.3, 0.4) is 0 Å². The van der Waals surface area contributed by atoms with E-state index < -0.39 is 0 Å². The second-order valence-corrected chi connectivity index (χ2v) is 7.90. The number of aliphatic imine (C=N–C) groups is 1. The quantitative estimate of drug-likeness (QED) is 0.532. The van der Waals surface area contributed by atoms with E-state index in [0.717, 1.165) is 48.2 Å². The molecule has 2 N–H and O–H groups in total. The van der Waals surface area contributed by atoms with Crippen molar-refractivity contribution in [3.8, 4) is 5.75 Å². The van der Waals surface area contributed by atoms with Crippen LogP contribution in [0, 0.1) is 13.8 Å². The fraction of sp³-hybridized carbons (Fsp3) is 0.500. The van der Waals surface area contributed by atoms with E-state index in [-0.39, 0.29) is 6.04 Å². The summed E-state index contributed by atoms with van der Waals surface area (Å²) in [5.74, 6) is 1.68. The monoisotopic (exact) mass is 409 g/mol. The van der Waals surface area contributed by atoms with Gasteiger partial charge in [0, 0.05) is 42.6 Å². The molecule has 0 radical (unpaired) electrons. The Bertz CT molecular complexity index is 874. The van der Waals surface area contributed by atoms with E-state index in [2.05, 4.69) is 58.6 Å². The maximum atomic E-state index is 5.52. The van der Waals surface area contributed by atoms with Crippen molar-refractivity contribution >= 4 is 11.6 Å². The summed E-state index contributed by atoms with van der Waals surface area (Å²) in [6.45, 7) is 11.9. The molecule has 1 aliphatic rings. The van der Waals surface area contributed by atoms with Crippen LogP contribution in [0.25, 0.3) is 0 Å². The SMILES string of the molecule is CCNC(=NCc1ncc(C)c(OC)c1C)NC(C)c1cccc(N2CCCC2)c1. The van der Waals surface area contributed by atoms with Crippen LogP contribution < -0.4 is 20.3 Å². The Hall–Kier alpha value is -2.76. The highest BCUT2D eigenvalue weighted by atomic mass is 16.5. The first kappa shape index (κ1) is 21.9. The lowest BCUT2D eigenvalue weighted by Gasteiger charge is -2.22. The van der Waals surface area contributed by atoms with Crippen LogP contribution in [0.4, 0.5) is 5.69 Å². The normalized spacial score (nSPS) is 15.2. The fourth-order valence-electron chi connectivity index (χ4n) is 3.96. The molecule has 30 heavy (non-hydrogen) atoms. The van der Waals surface area contributed by atoms with Crippen molar-refractivity contribution in [1.82, 2.24) is 15.6 Å². The summed E-state index contributed by atoms with van der Waals surface area (Å²) in [5, 5.41) is 6.90. The molecule has 162 valence electrons. The summed E-state index contributed by atoms with van der Waals surface area (Å²) in [6, 6.07) is 8.98. The topological polar surface area (TPSA) is 61.8 Å². The number of pyridine rings is 1. The predicted octanol–water partition coefficient (Wildman–Crippen LogP) is 4.12. The molecule has 2 heterocycles. The summed E-state index contributed by atoms with van der Waals surface area (Å²) in [6.07, 6.45) is 4.42. The molecule has 0 saturated carbocycles. The third-order valence-electron chi connectivity index (χ3n) is 5.68. The van der Waals surface area contributed by atoms with Gasteiger partial charge in [-0.05, 0) is 58.2 Å². The first-order valence-corrected chi connectivity index (χ1v) is 10.9. The summed E-state index contributed by atoms with van der Waals surface area (Å²) in [7, 11) is 1.70. The highest BCUT2D eigenvalue weighted by molar-refractivity contribution is 5.80. The molecule has 0 bridgehead atoms. The van der Waals surface area contributed by atoms with Gasteiger partial charge in [-0.25, -0.2) is 4.99 Å². The second-order valence-electron chi connectivity index (χ2n) is 7.90. The summed E-state index contributed by atoms with van der Waals surface area (Å²) < 4.78 is 5.52. The predicted molar refractivity (Wildman–Crippen MR) is 125 cm³/mol. The van der Waals surface area contributed by atoms with Gasteiger partial charge in [-0.3, -0.25) is 4.98 Å². The molecule has 1 unspecified atom stereocenters. The van der Waals surface area contributed by atoms with Crippen molar-refractivity contribution in [2.45, 2.75) is 53.1 Å². The maximum Gasteiger partial charge on any atom is 0.192 e. The van der Waals surface area contributed by atoms with Crippen LogP contribution in [0.1, 0.15) is 55.1 Å². The molecule has 6 heteroatoms. The van der Waals surface area contributed by atoms with Gasteiger partial charge in [0.2, 0.25) is 0 Å². The molecule has 6 nitrogen and oxygen atoms in total. The Morgan fingerprint density at radius 1 is 1.27 bits per heavy atom. The molecule has 0 amide bonds. The molecule has 3 rings (SSSR count). The van der Waals surface area contributed by atoms with Gasteiger partial charge < -0.3 is 20.3 Å². The molecule has 1 aliphatic heterocycles. The first-order valence-electron chi connectivity index (χ1n) is 10.9. The number of aryl methyl sites for hydroxylation is 1. The molecule has 0 spiro atoms. The van der Waals surface area contributed by atoms with E-state index in [0.29, 0.717) is 6.54 Å². The Balaban J connectivity index is 1.73. The van der Waals surface area contributed by atoms with Gasteiger partial charge in [-0.15, -0.1) is 0 Å². The van der Waals surface area contributed by atoms with Gasteiger partial charge in [-0.2, -0.15) is 0 Å². The van der Waals surface area contributed by atoms with E-state index in [1.807, 2.05) is 20.0 Å². The van der Waals surface area contributed by atoms with Gasteiger partial charge in [0.05, 0.1) is 25.4 Å². The van der Waals surface area contributed by atoms with Crippen LogP contribution in [0.5, 0.6) is 5.75 Å². The van der Waals surface area contributed by atoms with Crippen molar-refractivity contribution < 1.29 is 4.74 Å². The molecule has 1 fully saturated rings. The zero-order valence-electron chi connectivity index (χ0n) is 19.0. The van der Waals surface area contributed by atoms with Crippen LogP contribution in [0.2, 0.25) is 0 Å². The van der Waals surface area contributed by atoms with E-state index in [1.165, 1.54) is 24.1 Å². The minimum absolute atomic E-state index is 0.145. The Kier molecular flexibility index (Phi) is 7.55. The number of methoxy groups -OCH3 is 1. The van der Waals surface area contributed by atoms with Gasteiger partial charge in [0.25, 0.3) is 0 Å². The Morgan fingerprint density at radius 2 is 2.03 bits per heavy atom. The lowest BCUT2D eigenvalue weighted by atomic mass is 10.1. The minimum atomic E-state index is 0.145. The Labute approximate surface area is 180 Å². The zero-order valence-corrected chi connectivity index (χ0v) is 19.0. The molecule has 1 aromatic carbocycles. The number of anilines is 1. The van der Waals surface area contributed by atoms with Gasteiger partial charge in [-0.1, -0.05) is 12.1 Å². The lowest BCUT2D eigenvalue weighted by Crippen LogP contribution is -2.38. The number of ether oxygens (including phenoxy) is 1. The fourth-order valence-corrected chi connectivity index (χ4v) is 3.96. The molecule has 1 aromatic heterocycles. The average Bonchev–Trinajstić information content (AvgIpc) is 3.28. The maximum absolute atomic E-state index is 5.52. The first-order chi connectivity index (χ1) is 14.5. The van der Waals surface area contributed by atoms with Crippen molar-refractivity contribution in [1.29, 1.82) is 0 Å². The third kappa shape index (κ3) is 5.23. The number of benzene rings is 1. The summed E-state index contributed by atoms with van der Waals surface area (Å²) in [4.78, 5) is 11.8. The molecular formula is C24H35N5O. The van der Waals surface area contributed by atoms with E-state index >= 15 is 0 Å². The number of rotatable bonds is 7. The molecule has 1 saturated heterocycles. The van der Waals surface area contributed by atoms with Crippen LogP contribution in [-0.4, -0.2) is 37.7 Å². The summed E-state index contributed by atoms with van der Waals surface area (Å²) in [5.41, 5.74) is 5.59. The van der Waals surface area contributed by atoms with E-state index in [4.69, 9.17) is 9.73 Å². The van der Waals surface area contributed by atoms with Crippen LogP contribution >= 0.6 is 0 Å². The van der Waals surface area contributed by atoms with Crippen LogP contribution in [0.15, 0.2) is 35.5 Å². The Morgan fingerprint density at radius 3 is 2.73 bits per heavy atom. The van der Waals surface area contributed by atoms with Gasteiger partial charge in [0.15, 0.2) is 5.96 Å². The largest absolute Gasteiger partial charge is 0.496 e. The highest BCUT2D eigenvalue weighted by Crippen LogP contribution is 2.25. The van der Waals surface area contributed by atoms with Gasteiger partial charge >= 0.3 is 0 Å². The second kappa shape index (κ2) is 10.3.